The van der Waals surface area contributed by atoms with Gasteiger partial charge >= 0.3 is 5.97 Å². The van der Waals surface area contributed by atoms with Crippen LogP contribution in [0.2, 0.25) is 0 Å². The van der Waals surface area contributed by atoms with Gasteiger partial charge in [-0.3, -0.25) is 0 Å². The zero-order valence-corrected chi connectivity index (χ0v) is 7.78. The first-order valence-corrected chi connectivity index (χ1v) is 4.40. The molecule has 0 atom stereocenters. The average molecular weight is 185 g/mol. The van der Waals surface area contributed by atoms with Crippen molar-refractivity contribution < 1.29 is 9.90 Å². The standard InChI is InChI=1S/C12H9O2/c1-8-6-7-11(12(13)14)10-5-3-2-4-9(8)10/h2-7H,1H3. The van der Waals surface area contributed by atoms with E-state index >= 15 is 0 Å². The summed E-state index contributed by atoms with van der Waals surface area (Å²) < 4.78 is 0. The van der Waals surface area contributed by atoms with Gasteiger partial charge in [0.1, 0.15) is 0 Å². The SMILES string of the molecule is Cc1ccc(C([O])=O)c2ccccc12. The summed E-state index contributed by atoms with van der Waals surface area (Å²) >= 11 is 0. The zero-order chi connectivity index (χ0) is 10.1. The highest BCUT2D eigenvalue weighted by Gasteiger charge is 2.10. The molecule has 0 unspecified atom stereocenters. The summed E-state index contributed by atoms with van der Waals surface area (Å²) in [4.78, 5) is 10.8. The highest BCUT2D eigenvalue weighted by molar-refractivity contribution is 6.04. The number of carbonyl (C=O) groups is 1. The molecule has 0 fully saturated rings. The quantitative estimate of drug-likeness (QED) is 0.673. The minimum Gasteiger partial charge on any atom is -0.241 e. The van der Waals surface area contributed by atoms with Gasteiger partial charge in [-0.25, -0.2) is 9.90 Å². The lowest BCUT2D eigenvalue weighted by Gasteiger charge is -2.03. The minimum absolute atomic E-state index is 0.256. The molecule has 2 rings (SSSR count). The van der Waals surface area contributed by atoms with E-state index < -0.39 is 5.97 Å². The lowest BCUT2D eigenvalue weighted by molar-refractivity contribution is 0.0575. The summed E-state index contributed by atoms with van der Waals surface area (Å²) in [6, 6.07) is 10.8. The molecule has 2 heteroatoms. The molecular weight excluding hydrogens is 176 g/mol. The Bertz CT molecular complexity index is 501. The van der Waals surface area contributed by atoms with Gasteiger partial charge in [-0.15, -0.1) is 0 Å². The van der Waals surface area contributed by atoms with E-state index in [0.29, 0.717) is 0 Å². The highest BCUT2D eigenvalue weighted by atomic mass is 16.4. The first-order valence-electron chi connectivity index (χ1n) is 4.40. The van der Waals surface area contributed by atoms with E-state index in [9.17, 15) is 9.90 Å². The molecule has 69 valence electrons. The molecule has 0 bridgehead atoms. The topological polar surface area (TPSA) is 37.0 Å². The predicted molar refractivity (Wildman–Crippen MR) is 53.7 cm³/mol. The van der Waals surface area contributed by atoms with Crippen LogP contribution in [0.25, 0.3) is 10.8 Å². The van der Waals surface area contributed by atoms with Crippen molar-refractivity contribution in [3.63, 3.8) is 0 Å². The van der Waals surface area contributed by atoms with Gasteiger partial charge in [-0.1, -0.05) is 30.3 Å². The van der Waals surface area contributed by atoms with Gasteiger partial charge in [-0.05, 0) is 29.3 Å². The molecule has 0 spiro atoms. The number of fused-ring (bicyclic) bond motifs is 1. The van der Waals surface area contributed by atoms with Crippen molar-refractivity contribution in [1.29, 1.82) is 0 Å². The predicted octanol–water partition coefficient (Wildman–Crippen LogP) is 2.72. The lowest BCUT2D eigenvalue weighted by Crippen LogP contribution is -1.96. The number of benzene rings is 2. The Kier molecular flexibility index (Phi) is 1.97. The van der Waals surface area contributed by atoms with Gasteiger partial charge < -0.3 is 0 Å². The van der Waals surface area contributed by atoms with Gasteiger partial charge in [0.2, 0.25) is 0 Å². The first kappa shape index (κ1) is 8.75. The van der Waals surface area contributed by atoms with Crippen molar-refractivity contribution in [2.45, 2.75) is 6.92 Å². The molecule has 2 nitrogen and oxygen atoms in total. The molecule has 0 aliphatic carbocycles. The fraction of sp³-hybridized carbons (Fsp3) is 0.0833. The Morgan fingerprint density at radius 1 is 1.00 bits per heavy atom. The molecular formula is C12H9O2. The molecule has 0 saturated heterocycles. The summed E-state index contributed by atoms with van der Waals surface area (Å²) in [6.07, 6.45) is 0. The van der Waals surface area contributed by atoms with Crippen LogP contribution in [0, 0.1) is 6.92 Å². The van der Waals surface area contributed by atoms with Crippen molar-refractivity contribution in [3.05, 3.63) is 47.5 Å². The Morgan fingerprint density at radius 2 is 1.64 bits per heavy atom. The number of aryl methyl sites for hydroxylation is 1. The van der Waals surface area contributed by atoms with Crippen molar-refractivity contribution in [2.24, 2.45) is 0 Å². The molecule has 2 aromatic rings. The van der Waals surface area contributed by atoms with Crippen LogP contribution in [0.1, 0.15) is 15.9 Å². The summed E-state index contributed by atoms with van der Waals surface area (Å²) in [7, 11) is 0. The first-order chi connectivity index (χ1) is 6.70. The van der Waals surface area contributed by atoms with Crippen LogP contribution in [0.5, 0.6) is 0 Å². The Labute approximate surface area is 81.8 Å². The molecule has 0 saturated carbocycles. The molecule has 0 aliphatic heterocycles. The lowest BCUT2D eigenvalue weighted by atomic mass is 10.0. The largest absolute Gasteiger partial charge is 0.386 e. The molecule has 0 N–H and O–H groups in total. The second kappa shape index (κ2) is 3.14. The third kappa shape index (κ3) is 1.25. The molecule has 0 aromatic heterocycles. The maximum Gasteiger partial charge on any atom is 0.386 e. The van der Waals surface area contributed by atoms with E-state index in [1.807, 2.05) is 25.1 Å². The maximum absolute atomic E-state index is 10.8. The number of carbonyl (C=O) groups excluding carboxylic acids is 1. The second-order valence-corrected chi connectivity index (χ2v) is 3.26. The van der Waals surface area contributed by atoms with Crippen LogP contribution in [0.3, 0.4) is 0 Å². The third-order valence-electron chi connectivity index (χ3n) is 2.36. The fourth-order valence-electron chi connectivity index (χ4n) is 1.63. The van der Waals surface area contributed by atoms with Gasteiger partial charge in [-0.2, -0.15) is 0 Å². The van der Waals surface area contributed by atoms with Gasteiger partial charge in [0.05, 0.1) is 5.56 Å². The van der Waals surface area contributed by atoms with Gasteiger partial charge in [0.25, 0.3) is 0 Å². The van der Waals surface area contributed by atoms with Crippen molar-refractivity contribution in [1.82, 2.24) is 0 Å². The summed E-state index contributed by atoms with van der Waals surface area (Å²) in [6.45, 7) is 1.96. The van der Waals surface area contributed by atoms with Crippen LogP contribution in [-0.4, -0.2) is 5.97 Å². The smallest absolute Gasteiger partial charge is 0.241 e. The highest BCUT2D eigenvalue weighted by Crippen LogP contribution is 2.22. The van der Waals surface area contributed by atoms with Gasteiger partial charge in [0, 0.05) is 0 Å². The summed E-state index contributed by atoms with van der Waals surface area (Å²) in [5.74, 6) is -1.12. The monoisotopic (exact) mass is 185 g/mol. The van der Waals surface area contributed by atoms with E-state index in [-0.39, 0.29) is 5.56 Å². The maximum atomic E-state index is 10.8. The molecule has 1 radical (unpaired) electrons. The average Bonchev–Trinajstić information content (AvgIpc) is 2.18. The third-order valence-corrected chi connectivity index (χ3v) is 2.36. The molecule has 0 aliphatic rings. The Balaban J connectivity index is 2.88. The van der Waals surface area contributed by atoms with Crippen LogP contribution >= 0.6 is 0 Å². The minimum atomic E-state index is -1.12. The van der Waals surface area contributed by atoms with E-state index in [0.717, 1.165) is 16.3 Å². The van der Waals surface area contributed by atoms with Gasteiger partial charge in [0.15, 0.2) is 0 Å². The number of hydrogen-bond acceptors (Lipinski definition) is 1. The van der Waals surface area contributed by atoms with Crippen LogP contribution in [-0.2, 0) is 5.11 Å². The van der Waals surface area contributed by atoms with Crippen LogP contribution < -0.4 is 0 Å². The van der Waals surface area contributed by atoms with E-state index in [1.54, 1.807) is 18.2 Å². The second-order valence-electron chi connectivity index (χ2n) is 3.26. The Hall–Kier alpha value is -1.83. The Morgan fingerprint density at radius 3 is 2.29 bits per heavy atom. The number of rotatable bonds is 1. The van der Waals surface area contributed by atoms with Crippen LogP contribution in [0.15, 0.2) is 36.4 Å². The van der Waals surface area contributed by atoms with Crippen molar-refractivity contribution in [3.8, 4) is 0 Å². The number of hydrogen-bond donors (Lipinski definition) is 0. The summed E-state index contributed by atoms with van der Waals surface area (Å²) in [5, 5.41) is 12.5. The van der Waals surface area contributed by atoms with Crippen molar-refractivity contribution in [2.75, 3.05) is 0 Å². The summed E-state index contributed by atoms with van der Waals surface area (Å²) in [5.41, 5.74) is 1.33. The normalized spacial score (nSPS) is 10.4. The van der Waals surface area contributed by atoms with E-state index in [1.165, 1.54) is 0 Å². The van der Waals surface area contributed by atoms with Crippen LogP contribution in [0.4, 0.5) is 0 Å². The molecule has 0 amide bonds. The van der Waals surface area contributed by atoms with E-state index in [4.69, 9.17) is 0 Å². The molecule has 14 heavy (non-hydrogen) atoms. The van der Waals surface area contributed by atoms with Crippen molar-refractivity contribution >= 4 is 16.7 Å². The molecule has 0 heterocycles. The zero-order valence-electron chi connectivity index (χ0n) is 7.78. The molecule has 2 aromatic carbocycles. The fourth-order valence-corrected chi connectivity index (χ4v) is 1.63. The van der Waals surface area contributed by atoms with E-state index in [2.05, 4.69) is 0 Å².